The van der Waals surface area contributed by atoms with Crippen molar-refractivity contribution in [2.24, 2.45) is 0 Å². The molecule has 0 saturated heterocycles. The Kier molecular flexibility index (Phi) is 4.49. The van der Waals surface area contributed by atoms with E-state index < -0.39 is 16.8 Å². The molecule has 0 spiro atoms. The second-order valence-corrected chi connectivity index (χ2v) is 4.50. The summed E-state index contributed by atoms with van der Waals surface area (Å²) in [6.07, 6.45) is -0.920. The molecule has 2 rings (SSSR count). The number of halogens is 1. The molecule has 0 saturated carbocycles. The van der Waals surface area contributed by atoms with E-state index >= 15 is 0 Å². The van der Waals surface area contributed by atoms with E-state index in [1.165, 1.54) is 13.2 Å². The first-order chi connectivity index (χ1) is 10.0. The topological polar surface area (TPSA) is 72.6 Å². The Labute approximate surface area is 120 Å². The van der Waals surface area contributed by atoms with E-state index in [2.05, 4.69) is 0 Å². The smallest absolute Gasteiger partial charge is 0.275 e. The van der Waals surface area contributed by atoms with Crippen LogP contribution in [-0.4, -0.2) is 17.1 Å². The number of methoxy groups -OCH3 is 1. The van der Waals surface area contributed by atoms with Gasteiger partial charge in [0.15, 0.2) is 11.6 Å². The van der Waals surface area contributed by atoms with E-state index in [1.54, 1.807) is 30.3 Å². The highest BCUT2D eigenvalue weighted by atomic mass is 19.1. The van der Waals surface area contributed by atoms with Gasteiger partial charge in [0.05, 0.1) is 24.2 Å². The molecule has 0 radical (unpaired) electrons. The minimum Gasteiger partial charge on any atom is -0.494 e. The van der Waals surface area contributed by atoms with Gasteiger partial charge in [-0.25, -0.2) is 4.39 Å². The van der Waals surface area contributed by atoms with Crippen LogP contribution in [0.5, 0.6) is 5.75 Å². The van der Waals surface area contributed by atoms with Crippen molar-refractivity contribution in [3.63, 3.8) is 0 Å². The molecule has 0 amide bonds. The van der Waals surface area contributed by atoms with Gasteiger partial charge in [-0.1, -0.05) is 30.3 Å². The monoisotopic (exact) mass is 291 g/mol. The molecule has 1 atom stereocenters. The standard InChI is InChI=1S/C15H14FNO4/c1-21-15-8-11(13(17(19)20)9-12(15)16)7-14(18)10-5-3-2-4-6-10/h2-6,8-9,14,18H,7H2,1H3. The van der Waals surface area contributed by atoms with Gasteiger partial charge in [-0.15, -0.1) is 0 Å². The fourth-order valence-electron chi connectivity index (χ4n) is 2.08. The van der Waals surface area contributed by atoms with Crippen LogP contribution in [0.1, 0.15) is 17.2 Å². The molecule has 2 aromatic carbocycles. The van der Waals surface area contributed by atoms with E-state index in [1.807, 2.05) is 0 Å². The van der Waals surface area contributed by atoms with Crippen LogP contribution in [0.25, 0.3) is 0 Å². The number of hydrogen-bond acceptors (Lipinski definition) is 4. The number of benzene rings is 2. The van der Waals surface area contributed by atoms with Crippen LogP contribution in [0.3, 0.4) is 0 Å². The third-order valence-electron chi connectivity index (χ3n) is 3.15. The minimum atomic E-state index is -0.917. The minimum absolute atomic E-state index is 0.00301. The van der Waals surface area contributed by atoms with Crippen molar-refractivity contribution in [3.8, 4) is 5.75 Å². The Balaban J connectivity index is 2.36. The number of rotatable bonds is 5. The fourth-order valence-corrected chi connectivity index (χ4v) is 2.08. The predicted molar refractivity (Wildman–Crippen MR) is 74.7 cm³/mol. The third-order valence-corrected chi connectivity index (χ3v) is 3.15. The molecule has 21 heavy (non-hydrogen) atoms. The summed E-state index contributed by atoms with van der Waals surface area (Å²) in [5.74, 6) is -0.891. The molecule has 1 N–H and O–H groups in total. The molecule has 0 fully saturated rings. The largest absolute Gasteiger partial charge is 0.494 e. The van der Waals surface area contributed by atoms with Crippen molar-refractivity contribution in [2.45, 2.75) is 12.5 Å². The van der Waals surface area contributed by atoms with Crippen molar-refractivity contribution >= 4 is 5.69 Å². The van der Waals surface area contributed by atoms with Crippen LogP contribution >= 0.6 is 0 Å². The van der Waals surface area contributed by atoms with Gasteiger partial charge in [0, 0.05) is 12.0 Å². The van der Waals surface area contributed by atoms with E-state index in [0.717, 1.165) is 6.07 Å². The summed E-state index contributed by atoms with van der Waals surface area (Å²) in [6, 6.07) is 10.8. The summed E-state index contributed by atoms with van der Waals surface area (Å²) in [5, 5.41) is 21.2. The SMILES string of the molecule is COc1cc(CC(O)c2ccccc2)c([N+](=O)[O-])cc1F. The van der Waals surface area contributed by atoms with Gasteiger partial charge in [-0.2, -0.15) is 0 Å². The first kappa shape index (κ1) is 14.9. The summed E-state index contributed by atoms with van der Waals surface area (Å²) in [7, 11) is 1.28. The van der Waals surface area contributed by atoms with E-state index in [4.69, 9.17) is 4.74 Å². The average molecular weight is 291 g/mol. The Bertz CT molecular complexity index is 646. The van der Waals surface area contributed by atoms with Gasteiger partial charge >= 0.3 is 0 Å². The van der Waals surface area contributed by atoms with Crippen molar-refractivity contribution in [3.05, 3.63) is 69.5 Å². The number of nitro benzene ring substituents is 1. The lowest BCUT2D eigenvalue weighted by Crippen LogP contribution is -2.05. The number of aliphatic hydroxyl groups is 1. The molecule has 0 bridgehead atoms. The van der Waals surface area contributed by atoms with E-state index in [-0.39, 0.29) is 23.4 Å². The van der Waals surface area contributed by atoms with Crippen LogP contribution in [0.15, 0.2) is 42.5 Å². The number of ether oxygens (including phenoxy) is 1. The molecule has 1 unspecified atom stereocenters. The Morgan fingerprint density at radius 3 is 2.57 bits per heavy atom. The van der Waals surface area contributed by atoms with Gasteiger partial charge in [-0.05, 0) is 11.6 Å². The van der Waals surface area contributed by atoms with Gasteiger partial charge in [0.2, 0.25) is 0 Å². The highest BCUT2D eigenvalue weighted by molar-refractivity contribution is 5.47. The van der Waals surface area contributed by atoms with Crippen molar-refractivity contribution in [2.75, 3.05) is 7.11 Å². The lowest BCUT2D eigenvalue weighted by Gasteiger charge is -2.12. The molecule has 0 aliphatic heterocycles. The number of nitro groups is 1. The van der Waals surface area contributed by atoms with E-state index in [9.17, 15) is 19.6 Å². The Hall–Kier alpha value is -2.47. The Morgan fingerprint density at radius 2 is 2.00 bits per heavy atom. The third kappa shape index (κ3) is 3.35. The molecule has 0 aliphatic rings. The number of hydrogen-bond donors (Lipinski definition) is 1. The molecule has 0 heterocycles. The molecular weight excluding hydrogens is 277 g/mol. The van der Waals surface area contributed by atoms with Crippen LogP contribution < -0.4 is 4.74 Å². The normalized spacial score (nSPS) is 12.0. The van der Waals surface area contributed by atoms with Gasteiger partial charge in [-0.3, -0.25) is 10.1 Å². The molecule has 0 aromatic heterocycles. The predicted octanol–water partition coefficient (Wildman–Crippen LogP) is 3.02. The molecule has 0 aliphatic carbocycles. The van der Waals surface area contributed by atoms with Crippen molar-refractivity contribution < 1.29 is 19.2 Å². The lowest BCUT2D eigenvalue weighted by atomic mass is 10.00. The first-order valence-corrected chi connectivity index (χ1v) is 6.26. The van der Waals surface area contributed by atoms with Crippen molar-refractivity contribution in [1.82, 2.24) is 0 Å². The highest BCUT2D eigenvalue weighted by Gasteiger charge is 2.21. The van der Waals surface area contributed by atoms with E-state index in [0.29, 0.717) is 5.56 Å². The lowest BCUT2D eigenvalue weighted by molar-refractivity contribution is -0.385. The number of aliphatic hydroxyl groups excluding tert-OH is 1. The maximum Gasteiger partial charge on any atom is 0.275 e. The second kappa shape index (κ2) is 6.32. The summed E-state index contributed by atoms with van der Waals surface area (Å²) < 4.78 is 18.4. The van der Waals surface area contributed by atoms with Crippen molar-refractivity contribution in [1.29, 1.82) is 0 Å². The quantitative estimate of drug-likeness (QED) is 0.679. The zero-order valence-electron chi connectivity index (χ0n) is 11.3. The Morgan fingerprint density at radius 1 is 1.33 bits per heavy atom. The molecule has 110 valence electrons. The molecule has 2 aromatic rings. The molecule has 5 nitrogen and oxygen atoms in total. The van der Waals surface area contributed by atoms with Gasteiger partial charge in [0.25, 0.3) is 5.69 Å². The molecule has 6 heteroatoms. The number of nitrogens with zero attached hydrogens (tertiary/aromatic N) is 1. The van der Waals surface area contributed by atoms with Crippen LogP contribution in [0, 0.1) is 15.9 Å². The first-order valence-electron chi connectivity index (χ1n) is 6.26. The van der Waals surface area contributed by atoms with Crippen LogP contribution in [0.4, 0.5) is 10.1 Å². The maximum absolute atomic E-state index is 13.6. The summed E-state index contributed by atoms with van der Waals surface area (Å²) in [4.78, 5) is 10.3. The van der Waals surface area contributed by atoms with Gasteiger partial charge in [0.1, 0.15) is 0 Å². The summed E-state index contributed by atoms with van der Waals surface area (Å²) in [6.45, 7) is 0. The zero-order valence-corrected chi connectivity index (χ0v) is 11.3. The average Bonchev–Trinajstić information content (AvgIpc) is 2.49. The van der Waals surface area contributed by atoms with Crippen LogP contribution in [0.2, 0.25) is 0 Å². The van der Waals surface area contributed by atoms with Gasteiger partial charge < -0.3 is 9.84 Å². The second-order valence-electron chi connectivity index (χ2n) is 4.50. The zero-order chi connectivity index (χ0) is 15.4. The highest BCUT2D eigenvalue weighted by Crippen LogP contribution is 2.30. The molecular formula is C15H14FNO4. The maximum atomic E-state index is 13.6. The fraction of sp³-hybridized carbons (Fsp3) is 0.200. The van der Waals surface area contributed by atoms with Crippen LogP contribution in [-0.2, 0) is 6.42 Å². The summed E-state index contributed by atoms with van der Waals surface area (Å²) in [5.41, 5.74) is 0.480. The summed E-state index contributed by atoms with van der Waals surface area (Å²) >= 11 is 0.